The maximum absolute atomic E-state index is 14.5. The van der Waals surface area contributed by atoms with Crippen LogP contribution in [0.5, 0.6) is 5.75 Å². The molecule has 1 N–H and O–H groups in total. The molecule has 40 heavy (non-hydrogen) atoms. The number of carbonyl (C=O) groups is 1. The van der Waals surface area contributed by atoms with E-state index in [2.05, 4.69) is 16.4 Å². The molecule has 1 amide bonds. The number of para-hydroxylation sites is 1. The number of hydrogen-bond acceptors (Lipinski definition) is 5. The van der Waals surface area contributed by atoms with Gasteiger partial charge in [-0.1, -0.05) is 54.6 Å². The van der Waals surface area contributed by atoms with Crippen molar-refractivity contribution in [2.75, 3.05) is 33.3 Å². The number of aromatic nitrogens is 1. The maximum atomic E-state index is 14.5. The van der Waals surface area contributed by atoms with Crippen molar-refractivity contribution in [1.29, 1.82) is 0 Å². The molecule has 1 aromatic heterocycles. The Kier molecular flexibility index (Phi) is 8.14. The molecule has 2 saturated heterocycles. The SMILES string of the molecule is CO[C@@](C(=O)N1CCC2(CCNCC2c2ccccc2OCc2ccccn2)CC1)(c1ccccc1)C(F)(F)F. The number of pyridine rings is 1. The summed E-state index contributed by atoms with van der Waals surface area (Å²) in [6, 6.07) is 20.8. The van der Waals surface area contributed by atoms with E-state index in [1.54, 1.807) is 12.3 Å². The number of ether oxygens (including phenoxy) is 2. The number of likely N-dealkylation sites (tertiary alicyclic amines) is 1. The van der Waals surface area contributed by atoms with Gasteiger partial charge in [0.15, 0.2) is 0 Å². The Morgan fingerprint density at radius 2 is 1.70 bits per heavy atom. The van der Waals surface area contributed by atoms with E-state index in [1.807, 2.05) is 36.4 Å². The van der Waals surface area contributed by atoms with Crippen LogP contribution in [0.4, 0.5) is 13.2 Å². The molecule has 9 heteroatoms. The summed E-state index contributed by atoms with van der Waals surface area (Å²) in [5.41, 5.74) is -1.54. The average molecular weight is 554 g/mol. The van der Waals surface area contributed by atoms with Gasteiger partial charge in [0.2, 0.25) is 0 Å². The molecule has 212 valence electrons. The van der Waals surface area contributed by atoms with Crippen molar-refractivity contribution >= 4 is 5.91 Å². The number of amides is 1. The van der Waals surface area contributed by atoms with Crippen LogP contribution in [-0.4, -0.2) is 55.3 Å². The van der Waals surface area contributed by atoms with Crippen molar-refractivity contribution in [3.63, 3.8) is 0 Å². The van der Waals surface area contributed by atoms with Crippen LogP contribution in [0.2, 0.25) is 0 Å². The van der Waals surface area contributed by atoms with Crippen molar-refractivity contribution < 1.29 is 27.4 Å². The fourth-order valence-corrected chi connectivity index (χ4v) is 6.33. The first kappa shape index (κ1) is 28.1. The minimum absolute atomic E-state index is 0.0855. The fraction of sp³-hybridized carbons (Fsp3) is 0.419. The number of carbonyl (C=O) groups excluding carboxylic acids is 1. The molecule has 3 heterocycles. The summed E-state index contributed by atoms with van der Waals surface area (Å²) < 4.78 is 54.9. The molecule has 2 aliphatic heterocycles. The first-order valence-corrected chi connectivity index (χ1v) is 13.6. The van der Waals surface area contributed by atoms with E-state index >= 15 is 0 Å². The van der Waals surface area contributed by atoms with E-state index in [1.165, 1.54) is 29.2 Å². The Morgan fingerprint density at radius 3 is 2.38 bits per heavy atom. The molecule has 2 fully saturated rings. The lowest BCUT2D eigenvalue weighted by molar-refractivity contribution is -0.271. The van der Waals surface area contributed by atoms with Crippen LogP contribution in [0.1, 0.15) is 42.0 Å². The second kappa shape index (κ2) is 11.6. The largest absolute Gasteiger partial charge is 0.487 e. The maximum Gasteiger partial charge on any atom is 0.430 e. The van der Waals surface area contributed by atoms with Crippen molar-refractivity contribution in [2.24, 2.45) is 5.41 Å². The van der Waals surface area contributed by atoms with Gasteiger partial charge in [-0.3, -0.25) is 9.78 Å². The molecule has 0 bridgehead atoms. The lowest BCUT2D eigenvalue weighted by Gasteiger charge is -2.51. The number of hydrogen-bond donors (Lipinski definition) is 1. The minimum Gasteiger partial charge on any atom is -0.487 e. The highest BCUT2D eigenvalue weighted by Gasteiger charge is 2.64. The molecule has 0 radical (unpaired) electrons. The van der Waals surface area contributed by atoms with Crippen LogP contribution >= 0.6 is 0 Å². The molecule has 0 aliphatic carbocycles. The summed E-state index contributed by atoms with van der Waals surface area (Å²) in [5, 5.41) is 3.50. The summed E-state index contributed by atoms with van der Waals surface area (Å²) in [4.78, 5) is 19.3. The highest BCUT2D eigenvalue weighted by molar-refractivity contribution is 5.88. The number of piperidine rings is 2. The monoisotopic (exact) mass is 553 g/mol. The van der Waals surface area contributed by atoms with Gasteiger partial charge in [0.1, 0.15) is 12.4 Å². The van der Waals surface area contributed by atoms with Crippen LogP contribution in [0.3, 0.4) is 0 Å². The lowest BCUT2D eigenvalue weighted by atomic mass is 9.62. The standard InChI is InChI=1S/C31H34F3N3O3/c1-39-30(31(32,33)34,23-9-3-2-4-10-23)28(38)37-19-15-29(16-20-37)14-18-35-21-26(29)25-12-5-6-13-27(25)40-22-24-11-7-8-17-36-24/h2-13,17,26,35H,14-16,18-22H2,1H3/t26?,30-/m1/s1. The predicted octanol–water partition coefficient (Wildman–Crippen LogP) is 5.45. The van der Waals surface area contributed by atoms with Gasteiger partial charge >= 0.3 is 6.18 Å². The van der Waals surface area contributed by atoms with E-state index in [0.717, 1.165) is 43.6 Å². The van der Waals surface area contributed by atoms with Gasteiger partial charge in [-0.25, -0.2) is 0 Å². The smallest absolute Gasteiger partial charge is 0.430 e. The Balaban J connectivity index is 1.37. The molecular formula is C31H34F3N3O3. The molecular weight excluding hydrogens is 519 g/mol. The third kappa shape index (κ3) is 5.20. The van der Waals surface area contributed by atoms with Crippen LogP contribution in [0.25, 0.3) is 0 Å². The molecule has 1 spiro atoms. The number of rotatable bonds is 7. The number of halogens is 3. The number of alkyl halides is 3. The van der Waals surface area contributed by atoms with Gasteiger partial charge in [0.25, 0.3) is 11.5 Å². The summed E-state index contributed by atoms with van der Waals surface area (Å²) in [6.07, 6.45) is -1.15. The molecule has 5 rings (SSSR count). The van der Waals surface area contributed by atoms with Crippen LogP contribution in [0.15, 0.2) is 79.0 Å². The molecule has 3 aromatic rings. The zero-order valence-corrected chi connectivity index (χ0v) is 22.5. The Morgan fingerprint density at radius 1 is 1.00 bits per heavy atom. The van der Waals surface area contributed by atoms with Crippen molar-refractivity contribution in [2.45, 2.75) is 43.6 Å². The first-order valence-electron chi connectivity index (χ1n) is 13.6. The summed E-state index contributed by atoms with van der Waals surface area (Å²) in [6.45, 7) is 2.33. The predicted molar refractivity (Wildman–Crippen MR) is 145 cm³/mol. The normalized spacial score (nSPS) is 20.6. The van der Waals surface area contributed by atoms with Gasteiger partial charge < -0.3 is 19.7 Å². The van der Waals surface area contributed by atoms with Gasteiger partial charge in [0.05, 0.1) is 5.69 Å². The molecule has 6 nitrogen and oxygen atoms in total. The van der Waals surface area contributed by atoms with E-state index < -0.39 is 17.7 Å². The van der Waals surface area contributed by atoms with E-state index in [-0.39, 0.29) is 30.0 Å². The zero-order chi connectivity index (χ0) is 28.2. The minimum atomic E-state index is -4.92. The van der Waals surface area contributed by atoms with Crippen LogP contribution < -0.4 is 10.1 Å². The quantitative estimate of drug-likeness (QED) is 0.422. The van der Waals surface area contributed by atoms with Crippen molar-refractivity contribution in [1.82, 2.24) is 15.2 Å². The molecule has 1 unspecified atom stereocenters. The molecule has 0 saturated carbocycles. The topological polar surface area (TPSA) is 63.7 Å². The van der Waals surface area contributed by atoms with E-state index in [0.29, 0.717) is 19.4 Å². The second-order valence-electron chi connectivity index (χ2n) is 10.6. The fourth-order valence-electron chi connectivity index (χ4n) is 6.33. The summed E-state index contributed by atoms with van der Waals surface area (Å²) >= 11 is 0. The van der Waals surface area contributed by atoms with Crippen LogP contribution in [-0.2, 0) is 21.7 Å². The van der Waals surface area contributed by atoms with Gasteiger partial charge in [-0.05, 0) is 55.0 Å². The zero-order valence-electron chi connectivity index (χ0n) is 22.5. The van der Waals surface area contributed by atoms with Crippen LogP contribution in [0, 0.1) is 5.41 Å². The third-order valence-corrected chi connectivity index (χ3v) is 8.52. The summed E-state index contributed by atoms with van der Waals surface area (Å²) in [5.74, 6) is -0.199. The summed E-state index contributed by atoms with van der Waals surface area (Å²) in [7, 11) is 0.953. The van der Waals surface area contributed by atoms with E-state index in [4.69, 9.17) is 9.47 Å². The van der Waals surface area contributed by atoms with Gasteiger partial charge in [-0.2, -0.15) is 13.2 Å². The average Bonchev–Trinajstić information content (AvgIpc) is 2.98. The number of benzene rings is 2. The van der Waals surface area contributed by atoms with E-state index in [9.17, 15) is 18.0 Å². The van der Waals surface area contributed by atoms with Gasteiger partial charge in [0, 0.05) is 44.4 Å². The highest BCUT2D eigenvalue weighted by atomic mass is 19.4. The number of methoxy groups -OCH3 is 1. The lowest BCUT2D eigenvalue weighted by Crippen LogP contribution is -2.59. The molecule has 2 atom stereocenters. The third-order valence-electron chi connectivity index (χ3n) is 8.52. The Labute approximate surface area is 232 Å². The molecule has 2 aromatic carbocycles. The molecule has 2 aliphatic rings. The van der Waals surface area contributed by atoms with Crippen molar-refractivity contribution in [3.8, 4) is 5.75 Å². The van der Waals surface area contributed by atoms with Gasteiger partial charge in [-0.15, -0.1) is 0 Å². The first-order chi connectivity index (χ1) is 19.3. The Hall–Kier alpha value is -3.43. The van der Waals surface area contributed by atoms with Crippen molar-refractivity contribution in [3.05, 3.63) is 95.8 Å². The second-order valence-corrected chi connectivity index (χ2v) is 10.6. The number of nitrogens with one attached hydrogen (secondary N) is 1. The Bertz CT molecular complexity index is 1280. The number of nitrogens with zero attached hydrogens (tertiary/aromatic N) is 2. The highest BCUT2D eigenvalue weighted by Crippen LogP contribution is 2.51.